The second kappa shape index (κ2) is 11.1. The van der Waals surface area contributed by atoms with Gasteiger partial charge in [0.1, 0.15) is 27.6 Å². The number of amides is 2. The molecule has 1 saturated heterocycles. The van der Waals surface area contributed by atoms with Crippen LogP contribution >= 0.6 is 0 Å². The standard InChI is InChI=1S/C34H37N5O10S/c1-18-15-22(18)20-9-10-23-25(17-20)48-34(43)27-21(7-6-8-24(27)39(44)45)29(40)33(23,34)36-30(41)28-19(2)16-26(35-28)50(46,47)38-13-11-37(12-14-38)31(42)49-32(3,4)5/h6-10,16-18,22,35,43H,11-15H2,1-5H3,(H,36,41). The highest BCUT2D eigenvalue weighted by atomic mass is 32.2. The number of nitrogens with zero attached hydrogens (tertiary/aromatic N) is 3. The van der Waals surface area contributed by atoms with E-state index in [1.165, 1.54) is 34.3 Å². The first kappa shape index (κ1) is 33.7. The van der Waals surface area contributed by atoms with Crippen LogP contribution in [-0.4, -0.2) is 82.2 Å². The van der Waals surface area contributed by atoms with Gasteiger partial charge in [0, 0.05) is 43.4 Å². The van der Waals surface area contributed by atoms with Crippen molar-refractivity contribution < 1.29 is 42.3 Å². The van der Waals surface area contributed by atoms with Gasteiger partial charge in [0.15, 0.2) is 0 Å². The number of nitrogens with one attached hydrogen (secondary N) is 2. The second-order valence-electron chi connectivity index (χ2n) is 14.4. The maximum absolute atomic E-state index is 14.4. The molecule has 4 atom stereocenters. The maximum atomic E-state index is 14.4. The van der Waals surface area contributed by atoms with Gasteiger partial charge in [0.2, 0.25) is 11.3 Å². The molecule has 50 heavy (non-hydrogen) atoms. The molecule has 264 valence electrons. The van der Waals surface area contributed by atoms with Gasteiger partial charge in [-0.15, -0.1) is 0 Å². The predicted molar refractivity (Wildman–Crippen MR) is 176 cm³/mol. The van der Waals surface area contributed by atoms with E-state index in [-0.39, 0.29) is 70.8 Å². The Kier molecular flexibility index (Phi) is 7.48. The summed E-state index contributed by atoms with van der Waals surface area (Å²) in [4.78, 5) is 56.5. The van der Waals surface area contributed by atoms with E-state index in [0.717, 1.165) is 18.1 Å². The number of nitro benzene ring substituents is 1. The Labute approximate surface area is 287 Å². The highest BCUT2D eigenvalue weighted by Gasteiger charge is 2.73. The Bertz CT molecular complexity index is 2100. The molecule has 2 fully saturated rings. The molecule has 2 aromatic carbocycles. The molecular weight excluding hydrogens is 670 g/mol. The molecule has 1 aromatic heterocycles. The second-order valence-corrected chi connectivity index (χ2v) is 16.3. The molecule has 4 unspecified atom stereocenters. The molecule has 3 aromatic rings. The van der Waals surface area contributed by atoms with Gasteiger partial charge in [-0.05, 0) is 69.2 Å². The van der Waals surface area contributed by atoms with Crippen molar-refractivity contribution in [1.82, 2.24) is 19.5 Å². The number of aromatic amines is 1. The number of H-pyrrole nitrogens is 1. The number of rotatable bonds is 6. The smallest absolute Gasteiger partial charge is 0.410 e. The molecule has 3 N–H and O–H groups in total. The van der Waals surface area contributed by atoms with Crippen molar-refractivity contribution in [2.45, 2.75) is 68.9 Å². The monoisotopic (exact) mass is 707 g/mol. The zero-order valence-electron chi connectivity index (χ0n) is 28.1. The number of piperazine rings is 1. The third kappa shape index (κ3) is 4.99. The first-order valence-electron chi connectivity index (χ1n) is 16.3. The van der Waals surface area contributed by atoms with E-state index in [1.807, 2.05) is 0 Å². The zero-order chi connectivity index (χ0) is 36.1. The van der Waals surface area contributed by atoms with Crippen molar-refractivity contribution in [3.63, 3.8) is 0 Å². The van der Waals surface area contributed by atoms with Crippen molar-refractivity contribution >= 4 is 33.5 Å². The van der Waals surface area contributed by atoms with E-state index >= 15 is 0 Å². The number of ketones is 1. The van der Waals surface area contributed by atoms with Crippen LogP contribution in [0.5, 0.6) is 5.75 Å². The number of nitro groups is 1. The van der Waals surface area contributed by atoms with Crippen LogP contribution in [0.25, 0.3) is 0 Å². The van der Waals surface area contributed by atoms with E-state index in [0.29, 0.717) is 5.92 Å². The number of hydrogen-bond acceptors (Lipinski definition) is 10. The molecule has 0 spiro atoms. The molecule has 2 aliphatic carbocycles. The number of carbonyl (C=O) groups excluding carboxylic acids is 3. The summed E-state index contributed by atoms with van der Waals surface area (Å²) in [6.07, 6.45) is 0.392. The van der Waals surface area contributed by atoms with E-state index < -0.39 is 55.3 Å². The third-order valence-corrected chi connectivity index (χ3v) is 11.7. The molecule has 7 rings (SSSR count). The van der Waals surface area contributed by atoms with E-state index in [1.54, 1.807) is 39.0 Å². The average Bonchev–Trinajstić information content (AvgIpc) is 3.48. The quantitative estimate of drug-likeness (QED) is 0.251. The van der Waals surface area contributed by atoms with Crippen molar-refractivity contribution in [1.29, 1.82) is 0 Å². The lowest BCUT2D eigenvalue weighted by Crippen LogP contribution is -2.60. The van der Waals surface area contributed by atoms with Crippen molar-refractivity contribution in [3.05, 3.63) is 86.1 Å². The lowest BCUT2D eigenvalue weighted by molar-refractivity contribution is -0.388. The molecular formula is C34H37N5O10S. The van der Waals surface area contributed by atoms with Gasteiger partial charge in [0.25, 0.3) is 27.4 Å². The number of sulfonamides is 1. The highest BCUT2D eigenvalue weighted by molar-refractivity contribution is 7.89. The lowest BCUT2D eigenvalue weighted by Gasteiger charge is -2.34. The predicted octanol–water partition coefficient (Wildman–Crippen LogP) is 3.66. The largest absolute Gasteiger partial charge is 0.454 e. The van der Waals surface area contributed by atoms with Gasteiger partial charge in [0.05, 0.1) is 4.92 Å². The van der Waals surface area contributed by atoms with Crippen molar-refractivity contribution in [2.24, 2.45) is 5.92 Å². The normalized spacial score (nSPS) is 25.7. The van der Waals surface area contributed by atoms with Crippen LogP contribution < -0.4 is 10.1 Å². The minimum atomic E-state index is -4.17. The third-order valence-electron chi connectivity index (χ3n) is 9.90. The fraction of sp³-hybridized carbons (Fsp3) is 0.441. The fourth-order valence-electron chi connectivity index (χ4n) is 7.24. The first-order chi connectivity index (χ1) is 23.4. The summed E-state index contributed by atoms with van der Waals surface area (Å²) in [5.74, 6) is -3.71. The van der Waals surface area contributed by atoms with E-state index in [4.69, 9.17) is 9.47 Å². The highest BCUT2D eigenvalue weighted by Crippen LogP contribution is 2.61. The molecule has 16 heteroatoms. The summed E-state index contributed by atoms with van der Waals surface area (Å²) in [7, 11) is -4.17. The number of carbonyl (C=O) groups is 3. The number of aromatic nitrogens is 1. The minimum absolute atomic E-state index is 0.0153. The molecule has 2 amide bonds. The topological polar surface area (TPSA) is 201 Å². The number of benzene rings is 2. The molecule has 3 heterocycles. The Morgan fingerprint density at radius 2 is 1.82 bits per heavy atom. The Hall–Kier alpha value is -4.80. The summed E-state index contributed by atoms with van der Waals surface area (Å²) in [5, 5.41) is 26.8. The summed E-state index contributed by atoms with van der Waals surface area (Å²) >= 11 is 0. The maximum Gasteiger partial charge on any atom is 0.410 e. The summed E-state index contributed by atoms with van der Waals surface area (Å²) in [6.45, 7) is 8.97. The first-order valence-corrected chi connectivity index (χ1v) is 17.7. The van der Waals surface area contributed by atoms with Crippen LogP contribution in [0.15, 0.2) is 47.5 Å². The van der Waals surface area contributed by atoms with Crippen LogP contribution in [0.1, 0.15) is 83.1 Å². The molecule has 0 radical (unpaired) electrons. The minimum Gasteiger partial charge on any atom is -0.454 e. The van der Waals surface area contributed by atoms with Crippen LogP contribution in [-0.2, 0) is 26.1 Å². The summed E-state index contributed by atoms with van der Waals surface area (Å²) < 4.78 is 40.0. The Balaban J connectivity index is 1.21. The van der Waals surface area contributed by atoms with Gasteiger partial charge < -0.3 is 29.8 Å². The molecule has 15 nitrogen and oxygen atoms in total. The number of ether oxygens (including phenoxy) is 2. The molecule has 4 aliphatic rings. The van der Waals surface area contributed by atoms with Gasteiger partial charge in [-0.2, -0.15) is 4.31 Å². The SMILES string of the molecule is Cc1cc(S(=O)(=O)N2CCN(C(=O)OC(C)(C)C)CC2)[nH]c1C(=O)NC12C(=O)c3cccc([N+](=O)[O-])c3C1(O)Oc1cc(C3CC3C)ccc12. The van der Waals surface area contributed by atoms with Crippen molar-refractivity contribution in [3.8, 4) is 5.75 Å². The van der Waals surface area contributed by atoms with Gasteiger partial charge >= 0.3 is 6.09 Å². The number of Topliss-reactive ketones (excluding diaryl/α,β-unsaturated/α-hetero) is 1. The van der Waals surface area contributed by atoms with Gasteiger partial charge in [-0.3, -0.25) is 19.7 Å². The lowest BCUT2D eigenvalue weighted by atomic mass is 9.82. The number of fused-ring (bicyclic) bond motifs is 5. The van der Waals surface area contributed by atoms with E-state index in [2.05, 4.69) is 17.2 Å². The fourth-order valence-corrected chi connectivity index (χ4v) is 8.72. The Morgan fingerprint density at radius 1 is 1.14 bits per heavy atom. The molecule has 0 bridgehead atoms. The van der Waals surface area contributed by atoms with Crippen LogP contribution in [0, 0.1) is 23.0 Å². The summed E-state index contributed by atoms with van der Waals surface area (Å²) in [6, 6.07) is 10.1. The number of hydrogen-bond donors (Lipinski definition) is 3. The van der Waals surface area contributed by atoms with Gasteiger partial charge in [-0.1, -0.05) is 31.2 Å². The van der Waals surface area contributed by atoms with Crippen LogP contribution in [0.4, 0.5) is 10.5 Å². The summed E-state index contributed by atoms with van der Waals surface area (Å²) in [5.41, 5.74) is -3.15. The Morgan fingerprint density at radius 3 is 2.44 bits per heavy atom. The van der Waals surface area contributed by atoms with E-state index in [9.17, 15) is 38.0 Å². The van der Waals surface area contributed by atoms with Crippen LogP contribution in [0.2, 0.25) is 0 Å². The zero-order valence-corrected chi connectivity index (χ0v) is 28.9. The van der Waals surface area contributed by atoms with Crippen LogP contribution in [0.3, 0.4) is 0 Å². The molecule has 2 aliphatic heterocycles. The molecule has 1 saturated carbocycles. The number of aryl methyl sites for hydroxylation is 1. The van der Waals surface area contributed by atoms with Gasteiger partial charge in [-0.25, -0.2) is 13.2 Å². The average molecular weight is 708 g/mol. The van der Waals surface area contributed by atoms with Crippen molar-refractivity contribution in [2.75, 3.05) is 26.2 Å². The number of aliphatic hydroxyl groups is 1.